The Bertz CT molecular complexity index is 1150. The van der Waals surface area contributed by atoms with Crippen LogP contribution in [0.1, 0.15) is 5.56 Å². The molecule has 0 saturated carbocycles. The third kappa shape index (κ3) is 3.29. The van der Waals surface area contributed by atoms with E-state index in [1.54, 1.807) is 0 Å². The van der Waals surface area contributed by atoms with Crippen LogP contribution in [0.25, 0.3) is 11.1 Å². The first-order chi connectivity index (χ1) is 12.0. The van der Waals surface area contributed by atoms with E-state index in [9.17, 15) is 26.4 Å². The number of nitrogens with zero attached hydrogens (tertiary/aromatic N) is 1. The number of aryl methyl sites for hydroxylation is 1. The Kier molecular flexibility index (Phi) is 4.27. The van der Waals surface area contributed by atoms with E-state index in [1.165, 1.54) is 13.1 Å². The Morgan fingerprint density at radius 3 is 2.35 bits per heavy atom. The number of rotatable bonds is 3. The quantitative estimate of drug-likeness (QED) is 0.720. The first kappa shape index (κ1) is 18.3. The zero-order valence-corrected chi connectivity index (χ0v) is 14.5. The van der Waals surface area contributed by atoms with Crippen molar-refractivity contribution >= 4 is 38.4 Å². The minimum atomic E-state index is -4.53. The van der Waals surface area contributed by atoms with Gasteiger partial charge in [0, 0.05) is 18.8 Å². The molecule has 0 amide bonds. The lowest BCUT2D eigenvalue weighted by Crippen LogP contribution is -2.14. The zero-order chi connectivity index (χ0) is 19.3. The van der Waals surface area contributed by atoms with Gasteiger partial charge in [0.15, 0.2) is 5.58 Å². The van der Waals surface area contributed by atoms with Crippen molar-refractivity contribution in [2.45, 2.75) is 11.1 Å². The predicted octanol–water partition coefficient (Wildman–Crippen LogP) is 3.60. The second-order valence-electron chi connectivity index (χ2n) is 5.36. The third-order valence-electron chi connectivity index (χ3n) is 3.60. The minimum Gasteiger partial charge on any atom is -0.408 e. The molecule has 11 heteroatoms. The number of aromatic nitrogens is 1. The number of benzene rings is 2. The second-order valence-corrected chi connectivity index (χ2v) is 7.42. The van der Waals surface area contributed by atoms with Gasteiger partial charge in [0.2, 0.25) is 0 Å². The van der Waals surface area contributed by atoms with Gasteiger partial charge in [-0.3, -0.25) is 9.29 Å². The number of oxazole rings is 1. The van der Waals surface area contributed by atoms with Gasteiger partial charge in [-0.25, -0.2) is 13.2 Å². The highest BCUT2D eigenvalue weighted by atomic mass is 35.5. The number of hydrogen-bond acceptors (Lipinski definition) is 4. The Morgan fingerprint density at radius 2 is 1.77 bits per heavy atom. The number of fused-ring (bicyclic) bond motifs is 1. The first-order valence-electron chi connectivity index (χ1n) is 6.98. The summed E-state index contributed by atoms with van der Waals surface area (Å²) in [5, 5.41) is -0.173. The van der Waals surface area contributed by atoms with Crippen LogP contribution in [0.4, 0.5) is 18.9 Å². The summed E-state index contributed by atoms with van der Waals surface area (Å²) in [6, 6.07) is 5.79. The summed E-state index contributed by atoms with van der Waals surface area (Å²) in [7, 11) is -2.79. The van der Waals surface area contributed by atoms with Gasteiger partial charge in [-0.1, -0.05) is 11.6 Å². The normalized spacial score (nSPS) is 12.5. The Labute approximate surface area is 149 Å². The SMILES string of the molecule is Cn1c(=O)oc2cc(S(=O)(=O)Nc3ccc(C(F)(F)F)cc3)c(Cl)cc21. The average Bonchev–Trinajstić information content (AvgIpc) is 2.80. The molecule has 0 unspecified atom stereocenters. The predicted molar refractivity (Wildman–Crippen MR) is 88.7 cm³/mol. The number of halogens is 4. The van der Waals surface area contributed by atoms with Crippen LogP contribution in [0.3, 0.4) is 0 Å². The van der Waals surface area contributed by atoms with Crippen LogP contribution < -0.4 is 10.5 Å². The van der Waals surface area contributed by atoms with Crippen LogP contribution in [0, 0.1) is 0 Å². The molecule has 0 radical (unpaired) electrons. The van der Waals surface area contributed by atoms with Gasteiger partial charge >= 0.3 is 11.9 Å². The fourth-order valence-electron chi connectivity index (χ4n) is 2.27. The summed E-state index contributed by atoms with van der Waals surface area (Å²) < 4.78 is 70.9. The fourth-order valence-corrected chi connectivity index (χ4v) is 3.87. The Morgan fingerprint density at radius 1 is 1.15 bits per heavy atom. The maximum absolute atomic E-state index is 12.6. The molecule has 1 aromatic heterocycles. The van der Waals surface area contributed by atoms with Gasteiger partial charge in [0.25, 0.3) is 10.0 Å². The van der Waals surface area contributed by atoms with Crippen LogP contribution in [0.5, 0.6) is 0 Å². The highest BCUT2D eigenvalue weighted by Gasteiger charge is 2.30. The van der Waals surface area contributed by atoms with Crippen LogP contribution in [-0.2, 0) is 23.2 Å². The van der Waals surface area contributed by atoms with Crippen molar-refractivity contribution in [1.29, 1.82) is 0 Å². The molecule has 0 saturated heterocycles. The van der Waals surface area contributed by atoms with Crippen molar-refractivity contribution in [1.82, 2.24) is 4.57 Å². The van der Waals surface area contributed by atoms with Crippen molar-refractivity contribution in [3.63, 3.8) is 0 Å². The van der Waals surface area contributed by atoms with Gasteiger partial charge in [0.1, 0.15) is 4.90 Å². The molecule has 3 aromatic rings. The smallest absolute Gasteiger partial charge is 0.408 e. The summed E-state index contributed by atoms with van der Waals surface area (Å²) >= 11 is 6.00. The molecule has 138 valence electrons. The number of sulfonamides is 1. The molecule has 0 atom stereocenters. The van der Waals surface area contributed by atoms with Gasteiger partial charge in [-0.2, -0.15) is 13.2 Å². The van der Waals surface area contributed by atoms with E-state index in [0.717, 1.165) is 34.9 Å². The molecular weight excluding hydrogens is 397 g/mol. The van der Waals surface area contributed by atoms with Gasteiger partial charge in [0.05, 0.1) is 16.1 Å². The van der Waals surface area contributed by atoms with Crippen LogP contribution >= 0.6 is 11.6 Å². The molecule has 0 aliphatic rings. The summed E-state index contributed by atoms with van der Waals surface area (Å²) in [6.45, 7) is 0. The summed E-state index contributed by atoms with van der Waals surface area (Å²) in [5.74, 6) is -0.693. The molecule has 3 rings (SSSR count). The molecule has 6 nitrogen and oxygen atoms in total. The largest absolute Gasteiger partial charge is 0.419 e. The summed E-state index contributed by atoms with van der Waals surface area (Å²) in [6.07, 6.45) is -4.53. The third-order valence-corrected chi connectivity index (χ3v) is 5.45. The van der Waals surface area contributed by atoms with Crippen molar-refractivity contribution < 1.29 is 26.0 Å². The number of hydrogen-bond donors (Lipinski definition) is 1. The van der Waals surface area contributed by atoms with E-state index in [1.807, 2.05) is 0 Å². The lowest BCUT2D eigenvalue weighted by Gasteiger charge is -2.11. The molecule has 0 aliphatic carbocycles. The minimum absolute atomic E-state index is 0.00898. The molecule has 2 aromatic carbocycles. The van der Waals surface area contributed by atoms with Crippen molar-refractivity contribution in [2.75, 3.05) is 4.72 Å². The molecule has 26 heavy (non-hydrogen) atoms. The van der Waals surface area contributed by atoms with E-state index in [0.29, 0.717) is 5.52 Å². The fraction of sp³-hybridized carbons (Fsp3) is 0.133. The standard InChI is InChI=1S/C15H10ClF3N2O4S/c1-21-11-6-10(16)13(7-12(11)25-14(21)22)26(23,24)20-9-4-2-8(3-5-9)15(17,18)19/h2-7,20H,1H3. The van der Waals surface area contributed by atoms with Crippen LogP contribution in [0.2, 0.25) is 5.02 Å². The van der Waals surface area contributed by atoms with E-state index < -0.39 is 27.5 Å². The summed E-state index contributed by atoms with van der Waals surface area (Å²) in [5.41, 5.74) is -0.683. The maximum atomic E-state index is 12.6. The van der Waals surface area contributed by atoms with Crippen LogP contribution in [-0.4, -0.2) is 13.0 Å². The lowest BCUT2D eigenvalue weighted by atomic mass is 10.2. The van der Waals surface area contributed by atoms with E-state index in [-0.39, 0.29) is 21.2 Å². The zero-order valence-electron chi connectivity index (χ0n) is 13.0. The number of anilines is 1. The van der Waals surface area contributed by atoms with Gasteiger partial charge in [-0.15, -0.1) is 0 Å². The second kappa shape index (κ2) is 6.06. The van der Waals surface area contributed by atoms with Crippen molar-refractivity contribution in [3.8, 4) is 0 Å². The molecular formula is C15H10ClF3N2O4S. The highest BCUT2D eigenvalue weighted by molar-refractivity contribution is 7.92. The van der Waals surface area contributed by atoms with E-state index >= 15 is 0 Å². The van der Waals surface area contributed by atoms with Crippen molar-refractivity contribution in [3.05, 3.63) is 57.5 Å². The lowest BCUT2D eigenvalue weighted by molar-refractivity contribution is -0.137. The molecule has 1 N–H and O–H groups in total. The molecule has 0 bridgehead atoms. The monoisotopic (exact) mass is 406 g/mol. The summed E-state index contributed by atoms with van der Waals surface area (Å²) in [4.78, 5) is 11.1. The first-order valence-corrected chi connectivity index (χ1v) is 8.84. The molecule has 1 heterocycles. The molecule has 0 fully saturated rings. The van der Waals surface area contributed by atoms with Crippen molar-refractivity contribution in [2.24, 2.45) is 7.05 Å². The topological polar surface area (TPSA) is 81.3 Å². The Hall–Kier alpha value is -2.46. The number of alkyl halides is 3. The average molecular weight is 407 g/mol. The van der Waals surface area contributed by atoms with Gasteiger partial charge in [-0.05, 0) is 30.3 Å². The Balaban J connectivity index is 1.99. The van der Waals surface area contributed by atoms with E-state index in [2.05, 4.69) is 4.72 Å². The van der Waals surface area contributed by atoms with Gasteiger partial charge < -0.3 is 4.42 Å². The molecule has 0 spiro atoms. The molecule has 0 aliphatic heterocycles. The van der Waals surface area contributed by atoms with E-state index in [4.69, 9.17) is 16.0 Å². The maximum Gasteiger partial charge on any atom is 0.419 e. The highest BCUT2D eigenvalue weighted by Crippen LogP contribution is 2.31. The number of nitrogens with one attached hydrogen (secondary N) is 1. The van der Waals surface area contributed by atoms with Crippen LogP contribution in [0.15, 0.2) is 50.5 Å².